The first-order valence-electron chi connectivity index (χ1n) is 9.15. The van der Waals surface area contributed by atoms with E-state index in [1.165, 1.54) is 0 Å². The second-order valence-electron chi connectivity index (χ2n) is 6.43. The molecule has 0 amide bonds. The Hall–Kier alpha value is -4.05. The number of rotatable bonds is 6. The molecule has 7 heteroatoms. The number of nitrogens with zero attached hydrogens (tertiary/aromatic N) is 4. The van der Waals surface area contributed by atoms with E-state index < -0.39 is 0 Å². The van der Waals surface area contributed by atoms with E-state index in [0.717, 1.165) is 39.9 Å². The molecule has 0 aliphatic heterocycles. The highest BCUT2D eigenvalue weighted by atomic mass is 16.5. The number of ether oxygens (including phenoxy) is 1. The number of fused-ring (bicyclic) bond motifs is 1. The average Bonchev–Trinajstić information content (AvgIpc) is 3.16. The highest BCUT2D eigenvalue weighted by Crippen LogP contribution is 2.29. The summed E-state index contributed by atoms with van der Waals surface area (Å²) in [6.45, 7) is 0.621. The Morgan fingerprint density at radius 1 is 1.14 bits per heavy atom. The van der Waals surface area contributed by atoms with E-state index in [-0.39, 0.29) is 0 Å². The molecule has 0 saturated carbocycles. The molecule has 0 atom stereocenters. The number of nitrogens with one attached hydrogen (secondary N) is 2. The number of hydrogen-bond donors (Lipinski definition) is 2. The van der Waals surface area contributed by atoms with Crippen molar-refractivity contribution < 1.29 is 4.74 Å². The van der Waals surface area contributed by atoms with Crippen molar-refractivity contribution in [2.24, 2.45) is 0 Å². The van der Waals surface area contributed by atoms with Crippen molar-refractivity contribution in [1.29, 1.82) is 5.26 Å². The lowest BCUT2D eigenvalue weighted by molar-refractivity contribution is 0.412. The number of nitriles is 1. The third kappa shape index (κ3) is 3.69. The number of imidazole rings is 1. The van der Waals surface area contributed by atoms with E-state index in [0.29, 0.717) is 12.1 Å². The minimum atomic E-state index is 0.586. The zero-order valence-electron chi connectivity index (χ0n) is 16.2. The number of aromatic nitrogens is 3. The molecule has 0 radical (unpaired) electrons. The molecule has 0 aliphatic rings. The van der Waals surface area contributed by atoms with Gasteiger partial charge in [0.25, 0.3) is 0 Å². The van der Waals surface area contributed by atoms with Crippen LogP contribution in [0.5, 0.6) is 5.75 Å². The summed E-state index contributed by atoms with van der Waals surface area (Å²) < 4.78 is 7.07. The Kier molecular flexibility index (Phi) is 4.99. The minimum Gasteiger partial charge on any atom is -0.495 e. The predicted octanol–water partition coefficient (Wildman–Crippen LogP) is 3.93. The first-order chi connectivity index (χ1) is 14.2. The Bertz CT molecular complexity index is 1170. The van der Waals surface area contributed by atoms with Crippen LogP contribution in [0.2, 0.25) is 0 Å². The summed E-state index contributed by atoms with van der Waals surface area (Å²) in [7, 11) is 3.49. The van der Waals surface area contributed by atoms with Crippen molar-refractivity contribution in [2.45, 2.75) is 6.54 Å². The van der Waals surface area contributed by atoms with Gasteiger partial charge in [-0.25, -0.2) is 4.98 Å². The van der Waals surface area contributed by atoms with Crippen LogP contribution in [-0.2, 0) is 6.54 Å². The highest BCUT2D eigenvalue weighted by Gasteiger charge is 2.13. The van der Waals surface area contributed by atoms with Crippen LogP contribution in [0.15, 0.2) is 60.9 Å². The van der Waals surface area contributed by atoms with Gasteiger partial charge in [-0.2, -0.15) is 5.26 Å². The van der Waals surface area contributed by atoms with Crippen LogP contribution in [0.25, 0.3) is 16.9 Å². The van der Waals surface area contributed by atoms with Gasteiger partial charge in [0.05, 0.1) is 37.2 Å². The fourth-order valence-electron chi connectivity index (χ4n) is 3.13. The maximum atomic E-state index is 9.12. The molecule has 3 aromatic heterocycles. The fraction of sp³-hybridized carbons (Fsp3) is 0.136. The van der Waals surface area contributed by atoms with E-state index >= 15 is 0 Å². The highest BCUT2D eigenvalue weighted by molar-refractivity contribution is 5.77. The summed E-state index contributed by atoms with van der Waals surface area (Å²) in [6, 6.07) is 17.6. The van der Waals surface area contributed by atoms with Gasteiger partial charge in [0.15, 0.2) is 0 Å². The predicted molar refractivity (Wildman–Crippen MR) is 113 cm³/mol. The third-order valence-electron chi connectivity index (χ3n) is 4.66. The summed E-state index contributed by atoms with van der Waals surface area (Å²) in [4.78, 5) is 9.07. The van der Waals surface area contributed by atoms with Gasteiger partial charge < -0.3 is 15.4 Å². The lowest BCUT2D eigenvalue weighted by Crippen LogP contribution is -2.01. The Morgan fingerprint density at radius 2 is 1.97 bits per heavy atom. The topological polar surface area (TPSA) is 87.3 Å². The molecule has 0 saturated heterocycles. The maximum absolute atomic E-state index is 9.12. The van der Waals surface area contributed by atoms with Gasteiger partial charge in [-0.15, -0.1) is 0 Å². The quantitative estimate of drug-likeness (QED) is 0.524. The average molecular weight is 384 g/mol. The molecule has 1 aromatic carbocycles. The molecule has 0 aliphatic carbocycles. The van der Waals surface area contributed by atoms with E-state index in [4.69, 9.17) is 15.0 Å². The number of anilines is 2. The minimum absolute atomic E-state index is 0.586. The molecule has 0 unspecified atom stereocenters. The van der Waals surface area contributed by atoms with Gasteiger partial charge in [0, 0.05) is 24.5 Å². The number of hydrogen-bond acceptors (Lipinski definition) is 6. The molecular weight excluding hydrogens is 364 g/mol. The third-order valence-corrected chi connectivity index (χ3v) is 4.66. The summed E-state index contributed by atoms with van der Waals surface area (Å²) >= 11 is 0. The molecular formula is C22H20N6O. The van der Waals surface area contributed by atoms with Crippen LogP contribution in [0, 0.1) is 11.3 Å². The Labute approximate surface area is 168 Å². The SMILES string of the molecule is CNc1c(-c2ccc(NCc3ccc(OC)cn3)cc2)nc2cc(C#N)ccn12. The first kappa shape index (κ1) is 18.3. The second-order valence-corrected chi connectivity index (χ2v) is 6.43. The summed E-state index contributed by atoms with van der Waals surface area (Å²) in [5.74, 6) is 1.63. The molecule has 0 spiro atoms. The molecule has 4 rings (SSSR count). The van der Waals surface area contributed by atoms with Crippen molar-refractivity contribution in [2.75, 3.05) is 24.8 Å². The van der Waals surface area contributed by atoms with Gasteiger partial charge in [0.2, 0.25) is 0 Å². The second kappa shape index (κ2) is 7.90. The van der Waals surface area contributed by atoms with Gasteiger partial charge in [-0.05, 0) is 36.4 Å². The lowest BCUT2D eigenvalue weighted by atomic mass is 10.1. The maximum Gasteiger partial charge on any atom is 0.140 e. The fourth-order valence-corrected chi connectivity index (χ4v) is 3.13. The molecule has 29 heavy (non-hydrogen) atoms. The van der Waals surface area contributed by atoms with E-state index in [2.05, 4.69) is 21.7 Å². The van der Waals surface area contributed by atoms with Gasteiger partial charge >= 0.3 is 0 Å². The van der Waals surface area contributed by atoms with Crippen LogP contribution in [-0.4, -0.2) is 28.5 Å². The first-order valence-corrected chi connectivity index (χ1v) is 9.15. The molecule has 2 N–H and O–H groups in total. The van der Waals surface area contributed by atoms with Crippen LogP contribution in [0.3, 0.4) is 0 Å². The normalized spacial score (nSPS) is 10.5. The Balaban J connectivity index is 1.55. The van der Waals surface area contributed by atoms with Crippen LogP contribution in [0.4, 0.5) is 11.5 Å². The molecule has 3 heterocycles. The van der Waals surface area contributed by atoms with Crippen molar-refractivity contribution in [3.63, 3.8) is 0 Å². The number of methoxy groups -OCH3 is 1. The molecule has 0 fully saturated rings. The van der Waals surface area contributed by atoms with Crippen LogP contribution >= 0.6 is 0 Å². The van der Waals surface area contributed by atoms with Crippen molar-refractivity contribution in [3.05, 3.63) is 72.2 Å². The zero-order chi connectivity index (χ0) is 20.2. The standard InChI is InChI=1S/C22H20N6O/c1-24-22-21(27-20-11-15(12-23)9-10-28(20)22)16-3-5-17(6-4-16)25-13-18-7-8-19(29-2)14-26-18/h3-11,14,24-25H,13H2,1-2H3. The number of pyridine rings is 2. The molecule has 0 bridgehead atoms. The van der Waals surface area contributed by atoms with Gasteiger partial charge in [-0.1, -0.05) is 12.1 Å². The van der Waals surface area contributed by atoms with Crippen molar-refractivity contribution in [1.82, 2.24) is 14.4 Å². The van der Waals surface area contributed by atoms with E-state index in [1.54, 1.807) is 25.4 Å². The largest absolute Gasteiger partial charge is 0.495 e. The number of benzene rings is 1. The lowest BCUT2D eigenvalue weighted by Gasteiger charge is -2.08. The van der Waals surface area contributed by atoms with E-state index in [9.17, 15) is 0 Å². The smallest absolute Gasteiger partial charge is 0.140 e. The van der Waals surface area contributed by atoms with Crippen LogP contribution < -0.4 is 15.4 Å². The summed E-state index contributed by atoms with van der Waals surface area (Å²) in [5.41, 5.74) is 5.07. The van der Waals surface area contributed by atoms with E-state index in [1.807, 2.05) is 54.0 Å². The molecule has 7 nitrogen and oxygen atoms in total. The van der Waals surface area contributed by atoms with Gasteiger partial charge in [0.1, 0.15) is 22.9 Å². The summed E-state index contributed by atoms with van der Waals surface area (Å²) in [5, 5.41) is 15.7. The Morgan fingerprint density at radius 3 is 2.62 bits per heavy atom. The molecule has 4 aromatic rings. The molecule has 144 valence electrons. The van der Waals surface area contributed by atoms with Crippen LogP contribution in [0.1, 0.15) is 11.3 Å². The summed E-state index contributed by atoms with van der Waals surface area (Å²) in [6.07, 6.45) is 3.56. The van der Waals surface area contributed by atoms with Crippen molar-refractivity contribution >= 4 is 17.2 Å². The van der Waals surface area contributed by atoms with Crippen molar-refractivity contribution in [3.8, 4) is 23.1 Å². The zero-order valence-corrected chi connectivity index (χ0v) is 16.2. The van der Waals surface area contributed by atoms with Gasteiger partial charge in [-0.3, -0.25) is 9.38 Å². The monoisotopic (exact) mass is 384 g/mol.